The zero-order chi connectivity index (χ0) is 16.3. The second-order valence-corrected chi connectivity index (χ2v) is 5.14. The van der Waals surface area contributed by atoms with Gasteiger partial charge >= 0.3 is 0 Å². The molecule has 2 aromatic rings. The lowest BCUT2D eigenvalue weighted by molar-refractivity contribution is 0.0936. The van der Waals surface area contributed by atoms with Crippen LogP contribution in [0.25, 0.3) is 11.0 Å². The first-order valence-electron chi connectivity index (χ1n) is 7.25. The summed E-state index contributed by atoms with van der Waals surface area (Å²) < 4.78 is 0.835. The molecule has 6 nitrogen and oxygen atoms in total. The summed E-state index contributed by atoms with van der Waals surface area (Å²) in [5.74, 6) is -1.39. The Hall–Kier alpha value is -2.50. The summed E-state index contributed by atoms with van der Waals surface area (Å²) in [6.07, 6.45) is 4.03. The molecule has 0 unspecified atom stereocenters. The minimum absolute atomic E-state index is 0.0580. The smallest absolute Gasteiger partial charge is 0.273 e. The van der Waals surface area contributed by atoms with E-state index in [1.807, 2.05) is 6.92 Å². The standard InChI is InChI=1S/C16H18N2O4/c1-3-4-5-8-12(20)13-14(21)11-7-6-9-17-15(11)18(10(2)19)16(13)22/h6-7,9,21H,3-5,8H2,1-2H3. The Morgan fingerprint density at radius 3 is 2.68 bits per heavy atom. The summed E-state index contributed by atoms with van der Waals surface area (Å²) in [6.45, 7) is 3.23. The van der Waals surface area contributed by atoms with Crippen LogP contribution in [0.5, 0.6) is 5.75 Å². The topological polar surface area (TPSA) is 89.3 Å². The molecule has 6 heteroatoms. The van der Waals surface area contributed by atoms with Crippen molar-refractivity contribution in [3.63, 3.8) is 0 Å². The van der Waals surface area contributed by atoms with Crippen molar-refractivity contribution in [1.82, 2.24) is 9.55 Å². The second kappa shape index (κ2) is 6.51. The van der Waals surface area contributed by atoms with Crippen LogP contribution in [0.2, 0.25) is 0 Å². The number of carbonyl (C=O) groups excluding carboxylic acids is 2. The fourth-order valence-electron chi connectivity index (χ4n) is 2.41. The van der Waals surface area contributed by atoms with Crippen LogP contribution >= 0.6 is 0 Å². The molecule has 0 bridgehead atoms. The SMILES string of the molecule is CCCCCC(=O)c1c(O)c2cccnc2n(C(C)=O)c1=O. The molecule has 1 N–H and O–H groups in total. The van der Waals surface area contributed by atoms with E-state index in [-0.39, 0.29) is 23.0 Å². The van der Waals surface area contributed by atoms with Gasteiger partial charge < -0.3 is 5.11 Å². The monoisotopic (exact) mass is 302 g/mol. The lowest BCUT2D eigenvalue weighted by Crippen LogP contribution is -2.30. The third-order valence-electron chi connectivity index (χ3n) is 3.51. The molecular formula is C16H18N2O4. The first kappa shape index (κ1) is 15.9. The van der Waals surface area contributed by atoms with Gasteiger partial charge in [0.2, 0.25) is 5.91 Å². The largest absolute Gasteiger partial charge is 0.506 e. The number of fused-ring (bicyclic) bond motifs is 1. The number of hydrogen-bond donors (Lipinski definition) is 1. The van der Waals surface area contributed by atoms with Crippen LogP contribution < -0.4 is 5.56 Å². The summed E-state index contributed by atoms with van der Waals surface area (Å²) in [6, 6.07) is 3.10. The Morgan fingerprint density at radius 1 is 1.32 bits per heavy atom. The van der Waals surface area contributed by atoms with E-state index in [0.717, 1.165) is 17.4 Å². The van der Waals surface area contributed by atoms with Gasteiger partial charge in [-0.2, -0.15) is 0 Å². The summed E-state index contributed by atoms with van der Waals surface area (Å²) in [4.78, 5) is 40.4. The lowest BCUT2D eigenvalue weighted by atomic mass is 10.0. The van der Waals surface area contributed by atoms with Crippen molar-refractivity contribution in [2.75, 3.05) is 0 Å². The summed E-state index contributed by atoms with van der Waals surface area (Å²) >= 11 is 0. The maximum atomic E-state index is 12.4. The average molecular weight is 302 g/mol. The van der Waals surface area contributed by atoms with Gasteiger partial charge in [-0.3, -0.25) is 14.4 Å². The van der Waals surface area contributed by atoms with Gasteiger partial charge in [-0.05, 0) is 18.6 Å². The first-order chi connectivity index (χ1) is 10.5. The van der Waals surface area contributed by atoms with Crippen LogP contribution in [-0.2, 0) is 0 Å². The van der Waals surface area contributed by atoms with Crippen molar-refractivity contribution in [2.24, 2.45) is 0 Å². The van der Waals surface area contributed by atoms with Crippen molar-refractivity contribution >= 4 is 22.7 Å². The highest BCUT2D eigenvalue weighted by atomic mass is 16.3. The molecule has 0 aliphatic carbocycles. The van der Waals surface area contributed by atoms with E-state index in [2.05, 4.69) is 4.98 Å². The fraction of sp³-hybridized carbons (Fsp3) is 0.375. The molecule has 22 heavy (non-hydrogen) atoms. The predicted octanol–water partition coefficient (Wildman–Crippen LogP) is 2.53. The third-order valence-corrected chi connectivity index (χ3v) is 3.51. The van der Waals surface area contributed by atoms with E-state index in [0.29, 0.717) is 6.42 Å². The summed E-state index contributed by atoms with van der Waals surface area (Å²) in [7, 11) is 0. The van der Waals surface area contributed by atoms with Crippen molar-refractivity contribution in [2.45, 2.75) is 39.5 Å². The lowest BCUT2D eigenvalue weighted by Gasteiger charge is -2.11. The highest BCUT2D eigenvalue weighted by Crippen LogP contribution is 2.26. The Balaban J connectivity index is 2.67. The number of rotatable bonds is 5. The van der Waals surface area contributed by atoms with E-state index in [1.54, 1.807) is 6.07 Å². The van der Waals surface area contributed by atoms with E-state index in [4.69, 9.17) is 0 Å². The minimum atomic E-state index is -0.808. The molecule has 0 radical (unpaired) electrons. The molecule has 2 rings (SSSR count). The predicted molar refractivity (Wildman–Crippen MR) is 82.4 cm³/mol. The van der Waals surface area contributed by atoms with Gasteiger partial charge in [0.25, 0.3) is 5.56 Å². The Bertz CT molecular complexity index is 793. The van der Waals surface area contributed by atoms with Crippen LogP contribution in [0.3, 0.4) is 0 Å². The maximum absolute atomic E-state index is 12.4. The normalized spacial score (nSPS) is 10.8. The zero-order valence-corrected chi connectivity index (χ0v) is 12.6. The molecule has 0 atom stereocenters. The third kappa shape index (κ3) is 2.77. The number of pyridine rings is 2. The van der Waals surface area contributed by atoms with Crippen LogP contribution in [-0.4, -0.2) is 26.3 Å². The molecule has 0 amide bonds. The number of nitrogens with zero attached hydrogens (tertiary/aromatic N) is 2. The Labute approximate surface area is 127 Å². The first-order valence-corrected chi connectivity index (χ1v) is 7.25. The molecule has 0 saturated carbocycles. The van der Waals surface area contributed by atoms with Crippen LogP contribution in [0, 0.1) is 0 Å². The molecule has 0 saturated heterocycles. The van der Waals surface area contributed by atoms with Gasteiger partial charge in [0.05, 0.1) is 5.39 Å². The molecule has 0 spiro atoms. The van der Waals surface area contributed by atoms with Gasteiger partial charge in [0.15, 0.2) is 11.4 Å². The number of aromatic hydroxyl groups is 1. The van der Waals surface area contributed by atoms with Crippen molar-refractivity contribution in [1.29, 1.82) is 0 Å². The number of hydrogen-bond acceptors (Lipinski definition) is 5. The number of unbranched alkanes of at least 4 members (excludes halogenated alkanes) is 2. The maximum Gasteiger partial charge on any atom is 0.273 e. The van der Waals surface area contributed by atoms with Gasteiger partial charge in [0.1, 0.15) is 11.3 Å². The van der Waals surface area contributed by atoms with E-state index < -0.39 is 23.0 Å². The molecule has 116 valence electrons. The summed E-state index contributed by atoms with van der Waals surface area (Å²) in [5.41, 5.74) is -1.08. The van der Waals surface area contributed by atoms with Crippen molar-refractivity contribution in [3.8, 4) is 5.75 Å². The zero-order valence-electron chi connectivity index (χ0n) is 12.6. The molecule has 0 fully saturated rings. The summed E-state index contributed by atoms with van der Waals surface area (Å²) in [5, 5.41) is 10.5. The van der Waals surface area contributed by atoms with Crippen molar-refractivity contribution in [3.05, 3.63) is 34.2 Å². The second-order valence-electron chi connectivity index (χ2n) is 5.14. The average Bonchev–Trinajstić information content (AvgIpc) is 2.47. The number of ketones is 1. The van der Waals surface area contributed by atoms with Crippen molar-refractivity contribution < 1.29 is 14.7 Å². The van der Waals surface area contributed by atoms with E-state index in [1.165, 1.54) is 19.2 Å². The van der Waals surface area contributed by atoms with E-state index in [9.17, 15) is 19.5 Å². The van der Waals surface area contributed by atoms with Gasteiger partial charge in [-0.1, -0.05) is 19.8 Å². The van der Waals surface area contributed by atoms with Gasteiger partial charge in [0, 0.05) is 19.5 Å². The highest BCUT2D eigenvalue weighted by Gasteiger charge is 2.23. The minimum Gasteiger partial charge on any atom is -0.506 e. The van der Waals surface area contributed by atoms with Crippen LogP contribution in [0.15, 0.2) is 23.1 Å². The number of Topliss-reactive ketones (excluding diaryl/α,β-unsaturated/α-hetero) is 1. The molecule has 2 aromatic heterocycles. The van der Waals surface area contributed by atoms with Gasteiger partial charge in [-0.15, -0.1) is 0 Å². The molecule has 0 aliphatic rings. The Kier molecular flexibility index (Phi) is 4.70. The van der Waals surface area contributed by atoms with Gasteiger partial charge in [-0.25, -0.2) is 9.55 Å². The molecule has 0 aliphatic heterocycles. The highest BCUT2D eigenvalue weighted by molar-refractivity contribution is 6.04. The number of carbonyl (C=O) groups is 2. The molecule has 0 aromatic carbocycles. The van der Waals surface area contributed by atoms with Crippen LogP contribution in [0.1, 0.15) is 54.7 Å². The molecule has 2 heterocycles. The molecular weight excluding hydrogens is 284 g/mol. The van der Waals surface area contributed by atoms with Crippen LogP contribution in [0.4, 0.5) is 0 Å². The quantitative estimate of drug-likeness (QED) is 0.677. The number of aromatic nitrogens is 2. The fourth-order valence-corrected chi connectivity index (χ4v) is 2.41. The van der Waals surface area contributed by atoms with E-state index >= 15 is 0 Å². The Morgan fingerprint density at radius 2 is 2.05 bits per heavy atom.